The Balaban J connectivity index is 1.74. The van der Waals surface area contributed by atoms with Crippen molar-refractivity contribution in [3.05, 3.63) is 60.0 Å². The summed E-state index contributed by atoms with van der Waals surface area (Å²) in [6.07, 6.45) is 2.37. The van der Waals surface area contributed by atoms with Crippen molar-refractivity contribution >= 4 is 32.7 Å². The lowest BCUT2D eigenvalue weighted by Crippen LogP contribution is -2.12. The van der Waals surface area contributed by atoms with Gasteiger partial charge in [-0.1, -0.05) is 18.2 Å². The average Bonchev–Trinajstić information content (AvgIpc) is 3.12. The minimum atomic E-state index is -3.80. The second-order valence-corrected chi connectivity index (χ2v) is 8.41. The number of hydrogen-bond acceptors (Lipinski definition) is 7. The van der Waals surface area contributed by atoms with Crippen LogP contribution in [-0.4, -0.2) is 34.9 Å². The monoisotopic (exact) mass is 423 g/mol. The van der Waals surface area contributed by atoms with Gasteiger partial charge in [0.1, 0.15) is 5.82 Å². The maximum Gasteiger partial charge on any atom is 0.238 e. The Kier molecular flexibility index (Phi) is 5.20. The van der Waals surface area contributed by atoms with Crippen molar-refractivity contribution in [1.29, 1.82) is 0 Å². The number of primary sulfonamides is 1. The smallest absolute Gasteiger partial charge is 0.238 e. The van der Waals surface area contributed by atoms with Crippen molar-refractivity contribution in [2.24, 2.45) is 10.9 Å². The Hall–Kier alpha value is -3.34. The van der Waals surface area contributed by atoms with Crippen molar-refractivity contribution in [3.8, 4) is 11.3 Å². The van der Waals surface area contributed by atoms with E-state index < -0.39 is 10.0 Å². The average molecular weight is 424 g/mol. The summed E-state index contributed by atoms with van der Waals surface area (Å²) in [7, 11) is -3.80. The molecule has 4 rings (SSSR count). The number of hydrogen-bond donors (Lipinski definition) is 4. The number of anilines is 2. The zero-order valence-corrected chi connectivity index (χ0v) is 17.1. The number of benzene rings is 2. The molecule has 0 fully saturated rings. The number of para-hydroxylation sites is 1. The summed E-state index contributed by atoms with van der Waals surface area (Å²) in [6.45, 7) is 2.43. The molecule has 0 unspecified atom stereocenters. The Morgan fingerprint density at radius 2 is 1.93 bits per heavy atom. The van der Waals surface area contributed by atoms with Gasteiger partial charge in [-0.2, -0.15) is 0 Å². The summed E-state index contributed by atoms with van der Waals surface area (Å²) < 4.78 is 23.2. The Labute approximate surface area is 173 Å². The molecule has 0 atom stereocenters. The van der Waals surface area contributed by atoms with E-state index in [1.54, 1.807) is 18.3 Å². The van der Waals surface area contributed by atoms with Crippen LogP contribution in [0, 0.1) is 6.92 Å². The molecule has 154 valence electrons. The molecule has 6 N–H and O–H groups in total. The lowest BCUT2D eigenvalue weighted by molar-refractivity contribution is 0.598. The number of nitrogens with zero attached hydrogens (tertiary/aromatic N) is 3. The molecule has 0 spiro atoms. The molecule has 0 saturated carbocycles. The Morgan fingerprint density at radius 3 is 2.70 bits per heavy atom. The van der Waals surface area contributed by atoms with Crippen LogP contribution < -0.4 is 16.2 Å². The molecule has 0 aliphatic rings. The summed E-state index contributed by atoms with van der Waals surface area (Å²) in [5.41, 5.74) is 10.4. The van der Waals surface area contributed by atoms with Crippen LogP contribution in [0.15, 0.2) is 53.6 Å². The van der Waals surface area contributed by atoms with Gasteiger partial charge in [-0.05, 0) is 43.3 Å². The molecular weight excluding hydrogens is 402 g/mol. The third-order valence-corrected chi connectivity index (χ3v) is 5.50. The van der Waals surface area contributed by atoms with Crippen LogP contribution >= 0.6 is 0 Å². The molecule has 2 heterocycles. The molecule has 10 heteroatoms. The predicted molar refractivity (Wildman–Crippen MR) is 116 cm³/mol. The van der Waals surface area contributed by atoms with Gasteiger partial charge in [-0.3, -0.25) is 0 Å². The maximum atomic E-state index is 11.6. The van der Waals surface area contributed by atoms with Crippen LogP contribution in [0.4, 0.5) is 11.6 Å². The van der Waals surface area contributed by atoms with Crippen LogP contribution in [-0.2, 0) is 16.4 Å². The number of sulfonamides is 1. The Morgan fingerprint density at radius 1 is 1.13 bits per heavy atom. The predicted octanol–water partition coefficient (Wildman–Crippen LogP) is 2.22. The van der Waals surface area contributed by atoms with Crippen LogP contribution in [0.2, 0.25) is 0 Å². The van der Waals surface area contributed by atoms with Gasteiger partial charge in [0.25, 0.3) is 0 Å². The third-order valence-electron chi connectivity index (χ3n) is 4.59. The summed E-state index contributed by atoms with van der Waals surface area (Å²) in [5, 5.41) is 8.25. The number of aromatic nitrogens is 4. The molecule has 2 aromatic heterocycles. The van der Waals surface area contributed by atoms with Crippen LogP contribution in [0.25, 0.3) is 22.3 Å². The van der Waals surface area contributed by atoms with E-state index in [0.717, 1.165) is 33.7 Å². The second kappa shape index (κ2) is 7.82. The SMILES string of the molecule is Cc1cnc(Nc2cccc(S(N)(=O)=O)c2)nc1-c1cccc2[nH]c(CCN)nc12. The minimum Gasteiger partial charge on any atom is -0.342 e. The van der Waals surface area contributed by atoms with Crippen molar-refractivity contribution in [1.82, 2.24) is 19.9 Å². The summed E-state index contributed by atoms with van der Waals surface area (Å²) in [4.78, 5) is 16.9. The standard InChI is InChI=1S/C20H21N7O2S/c1-12-11-23-20(24-13-4-2-5-14(10-13)30(22,28)29)27-18(12)15-6-3-7-16-19(15)26-17(25-16)8-9-21/h2-7,10-11H,8-9,21H2,1H3,(H,25,26)(H2,22,28,29)(H,23,24,27). The molecule has 30 heavy (non-hydrogen) atoms. The molecule has 0 saturated heterocycles. The molecule has 0 amide bonds. The van der Waals surface area contributed by atoms with E-state index in [4.69, 9.17) is 10.9 Å². The van der Waals surface area contributed by atoms with Crippen molar-refractivity contribution in [2.45, 2.75) is 18.2 Å². The van der Waals surface area contributed by atoms with Gasteiger partial charge in [0.05, 0.1) is 21.6 Å². The van der Waals surface area contributed by atoms with Crippen LogP contribution in [0.1, 0.15) is 11.4 Å². The van der Waals surface area contributed by atoms with Gasteiger partial charge in [0.2, 0.25) is 16.0 Å². The van der Waals surface area contributed by atoms with E-state index in [2.05, 4.69) is 25.3 Å². The third kappa shape index (κ3) is 4.01. The zero-order valence-electron chi connectivity index (χ0n) is 16.3. The highest BCUT2D eigenvalue weighted by Gasteiger charge is 2.14. The van der Waals surface area contributed by atoms with Gasteiger partial charge >= 0.3 is 0 Å². The summed E-state index contributed by atoms with van der Waals surface area (Å²) >= 11 is 0. The lowest BCUT2D eigenvalue weighted by Gasteiger charge is -2.10. The van der Waals surface area contributed by atoms with E-state index in [9.17, 15) is 8.42 Å². The molecule has 2 aromatic carbocycles. The van der Waals surface area contributed by atoms with Crippen molar-refractivity contribution < 1.29 is 8.42 Å². The maximum absolute atomic E-state index is 11.6. The summed E-state index contributed by atoms with van der Waals surface area (Å²) in [5.74, 6) is 1.15. The first-order valence-corrected chi connectivity index (χ1v) is 10.8. The normalized spacial score (nSPS) is 11.7. The van der Waals surface area contributed by atoms with Gasteiger partial charge in [0, 0.05) is 23.9 Å². The summed E-state index contributed by atoms with van der Waals surface area (Å²) in [6, 6.07) is 12.0. The van der Waals surface area contributed by atoms with Crippen molar-refractivity contribution in [3.63, 3.8) is 0 Å². The van der Waals surface area contributed by atoms with Gasteiger partial charge in [0.15, 0.2) is 0 Å². The van der Waals surface area contributed by atoms with Gasteiger partial charge in [-0.15, -0.1) is 0 Å². The van der Waals surface area contributed by atoms with E-state index in [-0.39, 0.29) is 4.90 Å². The number of fused-ring (bicyclic) bond motifs is 1. The van der Waals surface area contributed by atoms with Crippen LogP contribution in [0.3, 0.4) is 0 Å². The first-order valence-electron chi connectivity index (χ1n) is 9.27. The first-order chi connectivity index (χ1) is 14.3. The number of nitrogens with two attached hydrogens (primary N) is 2. The molecule has 0 aliphatic carbocycles. The molecular formula is C20H21N7O2S. The number of nitrogens with one attached hydrogen (secondary N) is 2. The fourth-order valence-electron chi connectivity index (χ4n) is 3.18. The lowest BCUT2D eigenvalue weighted by atomic mass is 10.1. The van der Waals surface area contributed by atoms with E-state index in [0.29, 0.717) is 24.6 Å². The fraction of sp³-hybridized carbons (Fsp3) is 0.150. The van der Waals surface area contributed by atoms with Gasteiger partial charge < -0.3 is 16.0 Å². The highest BCUT2D eigenvalue weighted by atomic mass is 32.2. The number of rotatable bonds is 6. The van der Waals surface area contributed by atoms with Crippen LogP contribution in [0.5, 0.6) is 0 Å². The second-order valence-electron chi connectivity index (χ2n) is 6.85. The zero-order chi connectivity index (χ0) is 21.3. The van der Waals surface area contributed by atoms with E-state index >= 15 is 0 Å². The first kappa shape index (κ1) is 20.0. The molecule has 4 aromatic rings. The quantitative estimate of drug-likeness (QED) is 0.371. The van der Waals surface area contributed by atoms with E-state index in [1.165, 1.54) is 12.1 Å². The fourth-order valence-corrected chi connectivity index (χ4v) is 3.74. The number of aryl methyl sites for hydroxylation is 1. The topological polar surface area (TPSA) is 153 Å². The number of H-pyrrole nitrogens is 1. The Bertz CT molecular complexity index is 1330. The number of aromatic amines is 1. The molecule has 9 nitrogen and oxygen atoms in total. The highest BCUT2D eigenvalue weighted by Crippen LogP contribution is 2.29. The van der Waals surface area contributed by atoms with E-state index in [1.807, 2.05) is 25.1 Å². The largest absolute Gasteiger partial charge is 0.342 e. The molecule has 0 aliphatic heterocycles. The molecule has 0 radical (unpaired) electrons. The van der Waals surface area contributed by atoms with Crippen molar-refractivity contribution in [2.75, 3.05) is 11.9 Å². The highest BCUT2D eigenvalue weighted by molar-refractivity contribution is 7.89. The van der Waals surface area contributed by atoms with Gasteiger partial charge in [-0.25, -0.2) is 28.5 Å². The molecule has 0 bridgehead atoms. The number of imidazole rings is 1. The minimum absolute atomic E-state index is 0.00792.